The number of rotatable bonds is 1. The number of carbonyl (C=O) groups excluding carboxylic acids is 1. The number of cyclic esters (lactones) is 1. The van der Waals surface area contributed by atoms with Crippen LogP contribution in [0.5, 0.6) is 0 Å². The Bertz CT molecular complexity index is 1340. The molecule has 156 valence electrons. The van der Waals surface area contributed by atoms with Gasteiger partial charge in [0.05, 0.1) is 35.3 Å². The lowest BCUT2D eigenvalue weighted by Crippen LogP contribution is -2.44. The van der Waals surface area contributed by atoms with Crippen molar-refractivity contribution in [2.45, 2.75) is 32.1 Å². The predicted molar refractivity (Wildman–Crippen MR) is 113 cm³/mol. The van der Waals surface area contributed by atoms with Gasteiger partial charge in [-0.3, -0.25) is 4.79 Å². The summed E-state index contributed by atoms with van der Waals surface area (Å²) in [5.74, 6) is -0.707. The molecule has 6 rings (SSSR count). The van der Waals surface area contributed by atoms with Gasteiger partial charge in [0, 0.05) is 28.9 Å². The number of H-pyrrole nitrogens is 1. The number of pyridine rings is 2. The van der Waals surface area contributed by atoms with Crippen LogP contribution >= 0.6 is 0 Å². The van der Waals surface area contributed by atoms with Gasteiger partial charge in [-0.15, -0.1) is 0 Å². The number of nitrogens with one attached hydrogen (secondary N) is 1. The van der Waals surface area contributed by atoms with Crippen molar-refractivity contribution in [2.75, 3.05) is 0 Å². The fourth-order valence-corrected chi connectivity index (χ4v) is 4.14. The maximum atomic E-state index is 13.0. The first kappa shape index (κ1) is 19.2. The van der Waals surface area contributed by atoms with Crippen molar-refractivity contribution in [2.24, 2.45) is 0 Å². The molecule has 0 bridgehead atoms. The Kier molecular flexibility index (Phi) is 4.44. The molecule has 1 unspecified atom stereocenters. The van der Waals surface area contributed by atoms with E-state index in [1.54, 1.807) is 36.3 Å². The van der Waals surface area contributed by atoms with Crippen LogP contribution in [0.1, 0.15) is 30.0 Å². The Balaban J connectivity index is 0.000000361. The Morgan fingerprint density at radius 2 is 2.10 bits per heavy atom. The molecular weight excluding hydrogens is 396 g/mol. The molecule has 8 nitrogen and oxygen atoms in total. The predicted octanol–water partition coefficient (Wildman–Crippen LogP) is 2.49. The molecule has 2 aliphatic rings. The zero-order valence-electron chi connectivity index (χ0n) is 16.8. The van der Waals surface area contributed by atoms with E-state index in [0.717, 1.165) is 22.2 Å². The van der Waals surface area contributed by atoms with E-state index < -0.39 is 11.6 Å². The second-order valence-electron chi connectivity index (χ2n) is 7.55. The average Bonchev–Trinajstić information content (AvgIpc) is 3.47. The zero-order valence-corrected chi connectivity index (χ0v) is 16.8. The quantitative estimate of drug-likeness (QED) is 0.406. The largest absolute Gasteiger partial charge is 0.458 e. The first-order valence-electron chi connectivity index (χ1n) is 10.0. The van der Waals surface area contributed by atoms with Gasteiger partial charge in [0.15, 0.2) is 5.60 Å². The fourth-order valence-electron chi connectivity index (χ4n) is 4.14. The molecule has 0 saturated heterocycles. The molecule has 5 heterocycles. The molecule has 2 N–H and O–H groups in total. The van der Waals surface area contributed by atoms with Crippen molar-refractivity contribution in [3.8, 4) is 11.4 Å². The highest BCUT2D eigenvalue weighted by Crippen LogP contribution is 2.38. The van der Waals surface area contributed by atoms with Crippen LogP contribution in [0.3, 0.4) is 0 Å². The highest BCUT2D eigenvalue weighted by atomic mass is 16.6. The van der Waals surface area contributed by atoms with E-state index in [1.807, 2.05) is 30.3 Å². The third-order valence-electron chi connectivity index (χ3n) is 5.82. The van der Waals surface area contributed by atoms with Crippen LogP contribution in [-0.4, -0.2) is 30.6 Å². The number of carbonyl (C=O) groups is 1. The zero-order chi connectivity index (χ0) is 21.6. The molecule has 0 aliphatic carbocycles. The van der Waals surface area contributed by atoms with Crippen LogP contribution in [0.4, 0.5) is 0 Å². The van der Waals surface area contributed by atoms with Crippen LogP contribution in [0.25, 0.3) is 22.3 Å². The minimum absolute atomic E-state index is 0.110. The summed E-state index contributed by atoms with van der Waals surface area (Å²) in [5.41, 5.74) is 1.81. The van der Waals surface area contributed by atoms with Crippen LogP contribution in [0.2, 0.25) is 0 Å². The van der Waals surface area contributed by atoms with Gasteiger partial charge in [0.25, 0.3) is 5.56 Å². The van der Waals surface area contributed by atoms with Crippen LogP contribution in [-0.2, 0) is 28.3 Å². The first-order valence-corrected chi connectivity index (χ1v) is 10.0. The van der Waals surface area contributed by atoms with E-state index in [2.05, 4.69) is 9.97 Å². The van der Waals surface area contributed by atoms with Crippen molar-refractivity contribution >= 4 is 16.9 Å². The van der Waals surface area contributed by atoms with Crippen molar-refractivity contribution in [3.63, 3.8) is 0 Å². The summed E-state index contributed by atoms with van der Waals surface area (Å²) in [7, 11) is 0. The Hall–Kier alpha value is -3.78. The number of esters is 1. The number of ether oxygens (including phenoxy) is 1. The number of para-hydroxylation sites is 1. The average molecular weight is 416 g/mol. The van der Waals surface area contributed by atoms with Gasteiger partial charge >= 0.3 is 5.97 Å². The molecule has 8 heteroatoms. The molecule has 4 aromatic rings. The summed E-state index contributed by atoms with van der Waals surface area (Å²) in [6.45, 7) is 2.01. The van der Waals surface area contributed by atoms with Crippen molar-refractivity contribution in [1.29, 1.82) is 0 Å². The summed E-state index contributed by atoms with van der Waals surface area (Å²) in [6.07, 6.45) is 5.22. The SMILES string of the molecule is CCC1(O)C(=O)OCc2c1cc1n(c2=O)Cc2cc3ccccc3nc2-1.c1c[nH]cn1. The normalized spacial score (nSPS) is 18.5. The van der Waals surface area contributed by atoms with Gasteiger partial charge in [-0.25, -0.2) is 14.8 Å². The van der Waals surface area contributed by atoms with Gasteiger partial charge < -0.3 is 19.4 Å². The Labute approximate surface area is 177 Å². The van der Waals surface area contributed by atoms with Gasteiger partial charge in [0.2, 0.25) is 0 Å². The smallest absolute Gasteiger partial charge is 0.343 e. The second kappa shape index (κ2) is 7.17. The molecule has 0 fully saturated rings. The number of fused-ring (bicyclic) bond motifs is 5. The molecule has 1 atom stereocenters. The number of aromatic nitrogens is 4. The van der Waals surface area contributed by atoms with Crippen molar-refractivity contribution < 1.29 is 14.6 Å². The van der Waals surface area contributed by atoms with Crippen molar-refractivity contribution in [1.82, 2.24) is 19.5 Å². The molecule has 31 heavy (non-hydrogen) atoms. The molecule has 0 radical (unpaired) electrons. The van der Waals surface area contributed by atoms with Gasteiger partial charge in [-0.2, -0.15) is 0 Å². The fraction of sp³-hybridized carbons (Fsp3) is 0.217. The number of aliphatic hydroxyl groups is 1. The summed E-state index contributed by atoms with van der Waals surface area (Å²) in [4.78, 5) is 36.3. The summed E-state index contributed by atoms with van der Waals surface area (Å²) in [5, 5.41) is 11.8. The minimum atomic E-state index is -1.79. The van der Waals surface area contributed by atoms with Gasteiger partial charge in [0.1, 0.15) is 6.61 Å². The molecule has 3 aromatic heterocycles. The number of aromatic amines is 1. The van der Waals surface area contributed by atoms with Crippen LogP contribution < -0.4 is 5.56 Å². The number of hydrogen-bond donors (Lipinski definition) is 2. The maximum Gasteiger partial charge on any atom is 0.343 e. The monoisotopic (exact) mass is 416 g/mol. The minimum Gasteiger partial charge on any atom is -0.458 e. The Morgan fingerprint density at radius 1 is 1.26 bits per heavy atom. The highest BCUT2D eigenvalue weighted by molar-refractivity contribution is 5.86. The van der Waals surface area contributed by atoms with Crippen LogP contribution in [0.15, 0.2) is 59.9 Å². The number of benzene rings is 1. The first-order chi connectivity index (χ1) is 15.0. The van der Waals surface area contributed by atoms with Crippen molar-refractivity contribution in [3.05, 3.63) is 82.2 Å². The van der Waals surface area contributed by atoms with Gasteiger partial charge in [-0.05, 0) is 24.6 Å². The third-order valence-corrected chi connectivity index (χ3v) is 5.82. The molecule has 0 amide bonds. The number of imidazole rings is 1. The van der Waals surface area contributed by atoms with Crippen LogP contribution in [0, 0.1) is 0 Å². The van der Waals surface area contributed by atoms with E-state index in [1.165, 1.54) is 0 Å². The highest BCUT2D eigenvalue weighted by Gasteiger charge is 2.45. The van der Waals surface area contributed by atoms with E-state index in [9.17, 15) is 14.7 Å². The Morgan fingerprint density at radius 3 is 2.81 bits per heavy atom. The summed E-state index contributed by atoms with van der Waals surface area (Å²) >= 11 is 0. The lowest BCUT2D eigenvalue weighted by Gasteiger charge is -2.31. The molecule has 2 aliphatic heterocycles. The third kappa shape index (κ3) is 2.95. The molecule has 0 spiro atoms. The van der Waals surface area contributed by atoms with E-state index in [0.29, 0.717) is 23.4 Å². The molecule has 0 saturated carbocycles. The lowest BCUT2D eigenvalue weighted by molar-refractivity contribution is -0.172. The number of hydrogen-bond acceptors (Lipinski definition) is 6. The summed E-state index contributed by atoms with van der Waals surface area (Å²) < 4.78 is 6.72. The van der Waals surface area contributed by atoms with E-state index in [-0.39, 0.29) is 18.6 Å². The number of nitrogens with zero attached hydrogens (tertiary/aromatic N) is 3. The van der Waals surface area contributed by atoms with E-state index >= 15 is 0 Å². The molecule has 1 aromatic carbocycles. The second-order valence-corrected chi connectivity index (χ2v) is 7.55. The summed E-state index contributed by atoms with van der Waals surface area (Å²) in [6, 6.07) is 11.6. The standard InChI is InChI=1S/C20H16N2O4.C3H4N2/c1-2-20(25)14-8-16-17-12(7-11-5-3-4-6-15(11)21-17)9-22(16)18(23)13(14)10-26-19(20)24;1-2-5-3-4-1/h3-8,25H,2,9-10H2,1H3;1-3H,(H,4,5). The molecular formula is C23H20N4O4. The van der Waals surface area contributed by atoms with Gasteiger partial charge in [-0.1, -0.05) is 25.1 Å². The maximum absolute atomic E-state index is 13.0. The lowest BCUT2D eigenvalue weighted by atomic mass is 9.86. The van der Waals surface area contributed by atoms with E-state index in [4.69, 9.17) is 9.72 Å². The topological polar surface area (TPSA) is 110 Å².